The molecule has 3 aromatic carbocycles. The fourth-order valence-electron chi connectivity index (χ4n) is 3.33. The number of hydrogen-bond acceptors (Lipinski definition) is 5. The highest BCUT2D eigenvalue weighted by Gasteiger charge is 2.15. The minimum atomic E-state index is -0.540. The molecule has 6 nitrogen and oxygen atoms in total. The molecule has 7 heteroatoms. The average Bonchev–Trinajstić information content (AvgIpc) is 2.84. The Bertz CT molecular complexity index is 1280. The van der Waals surface area contributed by atoms with E-state index < -0.39 is 5.91 Å². The van der Waals surface area contributed by atoms with Crippen LogP contribution in [0.4, 0.5) is 5.69 Å². The summed E-state index contributed by atoms with van der Waals surface area (Å²) in [5, 5.41) is 12.6. The number of carbonyl (C=O) groups is 1. The van der Waals surface area contributed by atoms with Crippen LogP contribution in [0.2, 0.25) is 5.02 Å². The first-order chi connectivity index (χ1) is 16.8. The van der Waals surface area contributed by atoms with E-state index in [1.54, 1.807) is 36.4 Å². The molecule has 3 aromatic rings. The van der Waals surface area contributed by atoms with Crippen LogP contribution in [-0.4, -0.2) is 19.6 Å². The summed E-state index contributed by atoms with van der Waals surface area (Å²) >= 11 is 6.48. The molecule has 35 heavy (non-hydrogen) atoms. The SMILES string of the molecule is CCOc1ccc(NC(=O)/C(C#N)=C/c2cc(Cl)c(OCc3ccc(C)c(C)c3)c(OC)c2)cc1. The molecule has 0 atom stereocenters. The van der Waals surface area contributed by atoms with E-state index in [1.807, 2.05) is 32.0 Å². The number of ether oxygens (including phenoxy) is 3. The van der Waals surface area contributed by atoms with Crippen molar-refractivity contribution in [2.24, 2.45) is 0 Å². The summed E-state index contributed by atoms with van der Waals surface area (Å²) in [7, 11) is 1.51. The van der Waals surface area contributed by atoms with Gasteiger partial charge in [0.2, 0.25) is 0 Å². The molecule has 0 saturated heterocycles. The van der Waals surface area contributed by atoms with Crippen molar-refractivity contribution in [2.75, 3.05) is 19.0 Å². The lowest BCUT2D eigenvalue weighted by Crippen LogP contribution is -2.13. The average molecular weight is 491 g/mol. The largest absolute Gasteiger partial charge is 0.494 e. The fourth-order valence-corrected chi connectivity index (χ4v) is 3.60. The number of nitrogens with zero attached hydrogens (tertiary/aromatic N) is 1. The Kier molecular flexibility index (Phi) is 8.77. The van der Waals surface area contributed by atoms with Crippen LogP contribution < -0.4 is 19.5 Å². The van der Waals surface area contributed by atoms with Crippen molar-refractivity contribution < 1.29 is 19.0 Å². The summed E-state index contributed by atoms with van der Waals surface area (Å²) in [5.41, 5.74) is 4.39. The molecule has 0 saturated carbocycles. The van der Waals surface area contributed by atoms with Gasteiger partial charge in [-0.05, 0) is 85.5 Å². The van der Waals surface area contributed by atoms with Crippen LogP contribution in [0.1, 0.15) is 29.2 Å². The Morgan fingerprint density at radius 3 is 2.43 bits per heavy atom. The lowest BCUT2D eigenvalue weighted by Gasteiger charge is -2.14. The molecule has 0 aromatic heterocycles. The summed E-state index contributed by atoms with van der Waals surface area (Å²) in [6.07, 6.45) is 1.45. The molecule has 0 heterocycles. The second-order valence-electron chi connectivity index (χ2n) is 7.82. The molecule has 1 N–H and O–H groups in total. The molecule has 0 spiro atoms. The Labute approximate surface area is 210 Å². The van der Waals surface area contributed by atoms with E-state index in [0.717, 1.165) is 5.56 Å². The third-order valence-electron chi connectivity index (χ3n) is 5.31. The number of aryl methyl sites for hydroxylation is 2. The van der Waals surface area contributed by atoms with Crippen molar-refractivity contribution in [2.45, 2.75) is 27.4 Å². The summed E-state index contributed by atoms with van der Waals surface area (Å²) in [4.78, 5) is 12.7. The zero-order valence-corrected chi connectivity index (χ0v) is 20.9. The van der Waals surface area contributed by atoms with Gasteiger partial charge < -0.3 is 19.5 Å². The summed E-state index contributed by atoms with van der Waals surface area (Å²) in [5.74, 6) is 0.948. The predicted molar refractivity (Wildman–Crippen MR) is 138 cm³/mol. The van der Waals surface area contributed by atoms with E-state index in [0.29, 0.717) is 46.7 Å². The van der Waals surface area contributed by atoms with Crippen molar-refractivity contribution >= 4 is 29.3 Å². The molecule has 180 valence electrons. The Morgan fingerprint density at radius 2 is 1.80 bits per heavy atom. The van der Waals surface area contributed by atoms with Crippen LogP contribution in [0.3, 0.4) is 0 Å². The van der Waals surface area contributed by atoms with E-state index in [4.69, 9.17) is 25.8 Å². The standard InChI is InChI=1S/C28H27ClN2O4/c1-5-34-24-10-8-23(9-11-24)31-28(32)22(16-30)13-21-14-25(29)27(26(15-21)33-4)35-17-20-7-6-18(2)19(3)12-20/h6-15H,5,17H2,1-4H3,(H,31,32)/b22-13+. The summed E-state index contributed by atoms with van der Waals surface area (Å²) < 4.78 is 16.8. The third-order valence-corrected chi connectivity index (χ3v) is 5.59. The monoisotopic (exact) mass is 490 g/mol. The maximum atomic E-state index is 12.7. The van der Waals surface area contributed by atoms with Crippen molar-refractivity contribution in [1.82, 2.24) is 0 Å². The van der Waals surface area contributed by atoms with Crippen LogP contribution in [-0.2, 0) is 11.4 Å². The molecule has 1 amide bonds. The first-order valence-electron chi connectivity index (χ1n) is 11.1. The van der Waals surface area contributed by atoms with Crippen LogP contribution in [0, 0.1) is 25.2 Å². The molecule has 3 rings (SSSR count). The number of benzene rings is 3. The number of anilines is 1. The Morgan fingerprint density at radius 1 is 1.06 bits per heavy atom. The quantitative estimate of drug-likeness (QED) is 0.274. The smallest absolute Gasteiger partial charge is 0.266 e. The number of amides is 1. The molecular weight excluding hydrogens is 464 g/mol. The predicted octanol–water partition coefficient (Wildman–Crippen LogP) is 6.49. The van der Waals surface area contributed by atoms with Gasteiger partial charge >= 0.3 is 0 Å². The highest BCUT2D eigenvalue weighted by molar-refractivity contribution is 6.32. The third kappa shape index (κ3) is 6.78. The van der Waals surface area contributed by atoms with Gasteiger partial charge in [-0.3, -0.25) is 4.79 Å². The molecule has 0 aliphatic rings. The maximum absolute atomic E-state index is 12.7. The van der Waals surface area contributed by atoms with Crippen LogP contribution >= 0.6 is 11.6 Å². The number of nitriles is 1. The van der Waals surface area contributed by atoms with Gasteiger partial charge in [0, 0.05) is 5.69 Å². The van der Waals surface area contributed by atoms with Gasteiger partial charge in [0.1, 0.15) is 24.0 Å². The maximum Gasteiger partial charge on any atom is 0.266 e. The van der Waals surface area contributed by atoms with E-state index in [-0.39, 0.29) is 5.57 Å². The summed E-state index contributed by atoms with van der Waals surface area (Å²) in [6, 6.07) is 18.3. The lowest BCUT2D eigenvalue weighted by molar-refractivity contribution is -0.112. The first-order valence-corrected chi connectivity index (χ1v) is 11.4. The van der Waals surface area contributed by atoms with Gasteiger partial charge in [-0.25, -0.2) is 0 Å². The molecule has 0 radical (unpaired) electrons. The number of hydrogen-bond donors (Lipinski definition) is 1. The summed E-state index contributed by atoms with van der Waals surface area (Å²) in [6.45, 7) is 6.87. The van der Waals surface area contributed by atoms with E-state index >= 15 is 0 Å². The lowest BCUT2D eigenvalue weighted by atomic mass is 10.1. The number of carbonyl (C=O) groups excluding carboxylic acids is 1. The molecule has 0 fully saturated rings. The minimum absolute atomic E-state index is 0.0826. The highest BCUT2D eigenvalue weighted by Crippen LogP contribution is 2.37. The number of methoxy groups -OCH3 is 1. The molecule has 0 aliphatic carbocycles. The Hall–Kier alpha value is -3.95. The molecular formula is C28H27ClN2O4. The van der Waals surface area contributed by atoms with Crippen molar-refractivity contribution in [3.05, 3.63) is 87.4 Å². The van der Waals surface area contributed by atoms with Gasteiger partial charge in [0.15, 0.2) is 11.5 Å². The molecule has 0 aliphatic heterocycles. The molecule has 0 unspecified atom stereocenters. The zero-order valence-electron chi connectivity index (χ0n) is 20.1. The van der Waals surface area contributed by atoms with Crippen molar-refractivity contribution in [1.29, 1.82) is 5.26 Å². The topological polar surface area (TPSA) is 80.6 Å². The minimum Gasteiger partial charge on any atom is -0.494 e. The Balaban J connectivity index is 1.77. The normalized spacial score (nSPS) is 10.9. The zero-order chi connectivity index (χ0) is 25.4. The van der Waals surface area contributed by atoms with Gasteiger partial charge in [-0.15, -0.1) is 0 Å². The van der Waals surface area contributed by atoms with E-state index in [1.165, 1.54) is 24.3 Å². The van der Waals surface area contributed by atoms with Gasteiger partial charge in [0.25, 0.3) is 5.91 Å². The highest BCUT2D eigenvalue weighted by atomic mass is 35.5. The van der Waals surface area contributed by atoms with Gasteiger partial charge in [-0.2, -0.15) is 5.26 Å². The van der Waals surface area contributed by atoms with Crippen LogP contribution in [0.5, 0.6) is 17.2 Å². The van der Waals surface area contributed by atoms with Gasteiger partial charge in [-0.1, -0.05) is 29.8 Å². The second kappa shape index (κ2) is 12.0. The van der Waals surface area contributed by atoms with Crippen LogP contribution in [0.15, 0.2) is 60.2 Å². The second-order valence-corrected chi connectivity index (χ2v) is 8.23. The van der Waals surface area contributed by atoms with Gasteiger partial charge in [0.05, 0.1) is 18.7 Å². The van der Waals surface area contributed by atoms with Crippen LogP contribution in [0.25, 0.3) is 6.08 Å². The fraction of sp³-hybridized carbons (Fsp3) is 0.214. The van der Waals surface area contributed by atoms with Crippen molar-refractivity contribution in [3.63, 3.8) is 0 Å². The first kappa shape index (κ1) is 25.7. The molecule has 0 bridgehead atoms. The number of rotatable bonds is 9. The van der Waals surface area contributed by atoms with E-state index in [9.17, 15) is 10.1 Å². The number of halogens is 1. The number of nitrogens with one attached hydrogen (secondary N) is 1. The van der Waals surface area contributed by atoms with Crippen molar-refractivity contribution in [3.8, 4) is 23.3 Å². The van der Waals surface area contributed by atoms with E-state index in [2.05, 4.69) is 18.3 Å².